The van der Waals surface area contributed by atoms with Crippen LogP contribution in [0.15, 0.2) is 12.1 Å². The van der Waals surface area contributed by atoms with Gasteiger partial charge in [0, 0.05) is 18.7 Å². The van der Waals surface area contributed by atoms with Crippen LogP contribution < -0.4 is 5.32 Å². The van der Waals surface area contributed by atoms with Gasteiger partial charge in [-0.15, -0.1) is 0 Å². The minimum absolute atomic E-state index is 0.0280. The molecule has 5 nitrogen and oxygen atoms in total. The molecule has 0 aromatic heterocycles. The lowest BCUT2D eigenvalue weighted by molar-refractivity contribution is -0.384. The second kappa shape index (κ2) is 5.51. The number of nitriles is 1. The van der Waals surface area contributed by atoms with Gasteiger partial charge in [-0.05, 0) is 0 Å². The highest BCUT2D eigenvalue weighted by Gasteiger charge is 2.36. The Hall–Kier alpha value is -2.37. The fourth-order valence-corrected chi connectivity index (χ4v) is 1.32. The molecule has 0 aliphatic rings. The number of rotatable bonds is 4. The van der Waals surface area contributed by atoms with E-state index in [4.69, 9.17) is 5.26 Å². The summed E-state index contributed by atoms with van der Waals surface area (Å²) >= 11 is 0. The molecule has 19 heavy (non-hydrogen) atoms. The lowest BCUT2D eigenvalue weighted by atomic mass is 10.1. The van der Waals surface area contributed by atoms with E-state index >= 15 is 0 Å². The maximum Gasteiger partial charge on any atom is 0.419 e. The van der Waals surface area contributed by atoms with Crippen LogP contribution in [0.4, 0.5) is 28.9 Å². The van der Waals surface area contributed by atoms with Gasteiger partial charge < -0.3 is 5.32 Å². The largest absolute Gasteiger partial charge is 0.419 e. The van der Waals surface area contributed by atoms with Gasteiger partial charge in [-0.25, -0.2) is 4.39 Å². The van der Waals surface area contributed by atoms with E-state index in [-0.39, 0.29) is 19.0 Å². The van der Waals surface area contributed by atoms with Crippen molar-refractivity contribution in [2.24, 2.45) is 0 Å². The summed E-state index contributed by atoms with van der Waals surface area (Å²) < 4.78 is 50.5. The molecule has 1 aromatic carbocycles. The average Bonchev–Trinajstić information content (AvgIpc) is 2.27. The second-order valence-corrected chi connectivity index (χ2v) is 3.44. The fraction of sp³-hybridized carbons (Fsp3) is 0.300. The van der Waals surface area contributed by atoms with E-state index in [1.54, 1.807) is 6.07 Å². The van der Waals surface area contributed by atoms with Gasteiger partial charge in [-0.2, -0.15) is 18.4 Å². The molecule has 0 saturated carbocycles. The smallest absolute Gasteiger partial charge is 0.378 e. The van der Waals surface area contributed by atoms with Crippen molar-refractivity contribution >= 4 is 11.4 Å². The zero-order valence-corrected chi connectivity index (χ0v) is 9.29. The Balaban J connectivity index is 3.23. The number of hydrogen-bond acceptors (Lipinski definition) is 4. The van der Waals surface area contributed by atoms with Gasteiger partial charge in [0.2, 0.25) is 0 Å². The topological polar surface area (TPSA) is 79.0 Å². The highest BCUT2D eigenvalue weighted by molar-refractivity contribution is 5.63. The van der Waals surface area contributed by atoms with Crippen molar-refractivity contribution < 1.29 is 22.5 Å². The van der Waals surface area contributed by atoms with E-state index in [1.165, 1.54) is 0 Å². The van der Waals surface area contributed by atoms with Crippen LogP contribution in [0.1, 0.15) is 12.0 Å². The maximum atomic E-state index is 13.3. The van der Waals surface area contributed by atoms with Crippen molar-refractivity contribution in [1.29, 1.82) is 5.26 Å². The van der Waals surface area contributed by atoms with Gasteiger partial charge >= 0.3 is 6.18 Å². The Morgan fingerprint density at radius 3 is 2.53 bits per heavy atom. The Morgan fingerprint density at radius 1 is 1.42 bits per heavy atom. The van der Waals surface area contributed by atoms with Crippen molar-refractivity contribution in [3.05, 3.63) is 33.6 Å². The summed E-state index contributed by atoms with van der Waals surface area (Å²) in [6.07, 6.45) is -5.04. The van der Waals surface area contributed by atoms with Crippen LogP contribution in [-0.4, -0.2) is 11.5 Å². The molecule has 1 rings (SSSR count). The van der Waals surface area contributed by atoms with E-state index in [0.717, 1.165) is 0 Å². The quantitative estimate of drug-likeness (QED) is 0.397. The van der Waals surface area contributed by atoms with Crippen molar-refractivity contribution in [1.82, 2.24) is 0 Å². The fourth-order valence-electron chi connectivity index (χ4n) is 1.32. The molecule has 102 valence electrons. The molecule has 0 unspecified atom stereocenters. The van der Waals surface area contributed by atoms with Crippen LogP contribution in [0.3, 0.4) is 0 Å². The molecular weight excluding hydrogens is 270 g/mol. The first-order valence-electron chi connectivity index (χ1n) is 4.93. The van der Waals surface area contributed by atoms with Crippen molar-refractivity contribution in [3.8, 4) is 6.07 Å². The van der Waals surface area contributed by atoms with Crippen LogP contribution in [-0.2, 0) is 6.18 Å². The summed E-state index contributed by atoms with van der Waals surface area (Å²) in [6, 6.07) is 2.26. The number of nitrogens with zero attached hydrogens (tertiary/aromatic N) is 2. The van der Waals surface area contributed by atoms with Crippen molar-refractivity contribution in [2.45, 2.75) is 12.6 Å². The van der Waals surface area contributed by atoms with Gasteiger partial charge in [-0.3, -0.25) is 10.1 Å². The van der Waals surface area contributed by atoms with Crippen LogP contribution in [0.25, 0.3) is 0 Å². The summed E-state index contributed by atoms with van der Waals surface area (Å²) in [7, 11) is 0. The molecule has 0 aliphatic heterocycles. The molecule has 0 amide bonds. The number of halogens is 4. The first-order chi connectivity index (χ1) is 8.77. The Kier molecular flexibility index (Phi) is 4.26. The van der Waals surface area contributed by atoms with Crippen LogP contribution in [0.5, 0.6) is 0 Å². The second-order valence-electron chi connectivity index (χ2n) is 3.44. The van der Waals surface area contributed by atoms with Gasteiger partial charge in [0.05, 0.1) is 23.0 Å². The molecule has 0 saturated heterocycles. The molecule has 0 bridgehead atoms. The number of nitrogens with one attached hydrogen (secondary N) is 1. The third-order valence-electron chi connectivity index (χ3n) is 2.14. The summed E-state index contributed by atoms with van der Waals surface area (Å²) in [5, 5.41) is 21.3. The molecule has 0 spiro atoms. The Morgan fingerprint density at radius 2 is 2.05 bits per heavy atom. The molecule has 0 aliphatic carbocycles. The Labute approximate surface area is 104 Å². The third-order valence-corrected chi connectivity index (χ3v) is 2.14. The number of anilines is 1. The van der Waals surface area contributed by atoms with E-state index < -0.39 is 33.9 Å². The number of alkyl halides is 3. The third kappa shape index (κ3) is 3.54. The van der Waals surface area contributed by atoms with E-state index in [0.29, 0.717) is 6.07 Å². The van der Waals surface area contributed by atoms with E-state index in [1.807, 2.05) is 0 Å². The first kappa shape index (κ1) is 14.7. The molecule has 0 fully saturated rings. The van der Waals surface area contributed by atoms with Gasteiger partial charge in [0.1, 0.15) is 11.5 Å². The highest BCUT2D eigenvalue weighted by Crippen LogP contribution is 2.37. The molecule has 0 heterocycles. The minimum atomic E-state index is -5.01. The molecule has 1 aromatic rings. The molecule has 9 heteroatoms. The van der Waals surface area contributed by atoms with E-state index in [9.17, 15) is 27.7 Å². The predicted molar refractivity (Wildman–Crippen MR) is 56.8 cm³/mol. The van der Waals surface area contributed by atoms with Gasteiger partial charge in [-0.1, -0.05) is 0 Å². The zero-order chi connectivity index (χ0) is 14.6. The number of benzene rings is 1. The molecular formula is C10H7F4N3O2. The van der Waals surface area contributed by atoms with Crippen molar-refractivity contribution in [2.75, 3.05) is 11.9 Å². The number of nitro benzene ring substituents is 1. The van der Waals surface area contributed by atoms with E-state index in [2.05, 4.69) is 5.32 Å². The van der Waals surface area contributed by atoms with Crippen molar-refractivity contribution in [3.63, 3.8) is 0 Å². The summed E-state index contributed by atoms with van der Waals surface area (Å²) in [6.45, 7) is -0.0395. The SMILES string of the molecule is N#CCCNc1cc(F)c(C(F)(F)F)cc1[N+](=O)[O-]. The van der Waals surface area contributed by atoms with Crippen LogP contribution in [0.2, 0.25) is 0 Å². The maximum absolute atomic E-state index is 13.3. The molecule has 0 atom stereocenters. The van der Waals surface area contributed by atoms with Crippen LogP contribution >= 0.6 is 0 Å². The predicted octanol–water partition coefficient (Wildman–Crippen LogP) is 3.08. The lowest BCUT2D eigenvalue weighted by Gasteiger charge is -2.11. The van der Waals surface area contributed by atoms with Gasteiger partial charge in [0.25, 0.3) is 5.69 Å². The monoisotopic (exact) mass is 277 g/mol. The summed E-state index contributed by atoms with van der Waals surface area (Å²) in [5.41, 5.74) is -3.00. The molecule has 0 radical (unpaired) electrons. The number of nitro groups is 1. The van der Waals surface area contributed by atoms with Crippen LogP contribution in [0, 0.1) is 27.3 Å². The first-order valence-corrected chi connectivity index (χ1v) is 4.93. The highest BCUT2D eigenvalue weighted by atomic mass is 19.4. The average molecular weight is 277 g/mol. The normalized spacial score (nSPS) is 10.9. The number of hydrogen-bond donors (Lipinski definition) is 1. The summed E-state index contributed by atoms with van der Waals surface area (Å²) in [5.74, 6) is -1.61. The standard InChI is InChI=1S/C10H7F4N3O2/c11-7-5-8(16-3-1-2-15)9(17(18)19)4-6(7)10(12,13)14/h4-5,16H,1,3H2. The Bertz CT molecular complexity index is 537. The molecule has 1 N–H and O–H groups in total. The lowest BCUT2D eigenvalue weighted by Crippen LogP contribution is -2.11. The van der Waals surface area contributed by atoms with Gasteiger partial charge in [0.15, 0.2) is 0 Å². The minimum Gasteiger partial charge on any atom is -0.378 e. The summed E-state index contributed by atoms with van der Waals surface area (Å²) in [4.78, 5) is 9.60. The zero-order valence-electron chi connectivity index (χ0n) is 9.29.